The number of nitriles is 1. The molecule has 29 heavy (non-hydrogen) atoms. The number of thioether (sulfide) groups is 1. The molecular weight excluding hydrogens is 386 g/mol. The zero-order valence-corrected chi connectivity index (χ0v) is 17.3. The van der Waals surface area contributed by atoms with Gasteiger partial charge in [0.05, 0.1) is 24.5 Å². The van der Waals surface area contributed by atoms with E-state index in [0.29, 0.717) is 29.2 Å². The quantitative estimate of drug-likeness (QED) is 0.491. The minimum atomic E-state index is -0.0740. The SMILES string of the molecule is CC(C)Cn1c(SCC(=O)N(CCC#N)c2ccccc2)nnc1-c1ccco1. The Kier molecular flexibility index (Phi) is 7.09. The zero-order chi connectivity index (χ0) is 20.6. The number of anilines is 1. The average Bonchev–Trinajstić information content (AvgIpc) is 3.37. The Morgan fingerprint density at radius 1 is 1.24 bits per heavy atom. The highest BCUT2D eigenvalue weighted by Gasteiger charge is 2.20. The first kappa shape index (κ1) is 20.7. The summed E-state index contributed by atoms with van der Waals surface area (Å²) in [5, 5.41) is 18.2. The van der Waals surface area contributed by atoms with Gasteiger partial charge in [0.15, 0.2) is 16.7 Å². The number of carbonyl (C=O) groups excluding carboxylic acids is 1. The predicted octanol–water partition coefficient (Wildman–Crippen LogP) is 4.23. The van der Waals surface area contributed by atoms with Gasteiger partial charge in [-0.2, -0.15) is 5.26 Å². The van der Waals surface area contributed by atoms with Crippen molar-refractivity contribution in [2.24, 2.45) is 5.92 Å². The Balaban J connectivity index is 1.77. The number of nitrogens with zero attached hydrogens (tertiary/aromatic N) is 5. The minimum Gasteiger partial charge on any atom is -0.461 e. The molecule has 150 valence electrons. The Morgan fingerprint density at radius 2 is 2.03 bits per heavy atom. The van der Waals surface area contributed by atoms with Crippen LogP contribution in [-0.2, 0) is 11.3 Å². The summed E-state index contributed by atoms with van der Waals surface area (Å²) in [5.41, 5.74) is 0.785. The standard InChI is InChI=1S/C21H23N5O2S/c1-16(2)14-26-20(18-10-6-13-28-18)23-24-21(26)29-15-19(27)25(12-7-11-22)17-8-4-3-5-9-17/h3-6,8-10,13,16H,7,12,14-15H2,1-2H3. The third-order valence-corrected chi connectivity index (χ3v) is 5.10. The molecule has 8 heteroatoms. The van der Waals surface area contributed by atoms with Crippen LogP contribution in [0.25, 0.3) is 11.6 Å². The highest BCUT2D eigenvalue weighted by atomic mass is 32.2. The molecule has 7 nitrogen and oxygen atoms in total. The number of carbonyl (C=O) groups is 1. The van der Waals surface area contributed by atoms with E-state index in [0.717, 1.165) is 12.2 Å². The smallest absolute Gasteiger partial charge is 0.237 e. The van der Waals surface area contributed by atoms with E-state index in [9.17, 15) is 4.79 Å². The Morgan fingerprint density at radius 3 is 2.69 bits per heavy atom. The number of benzene rings is 1. The minimum absolute atomic E-state index is 0.0740. The maximum Gasteiger partial charge on any atom is 0.237 e. The van der Waals surface area contributed by atoms with Crippen molar-refractivity contribution in [2.45, 2.75) is 32.0 Å². The molecule has 0 atom stereocenters. The van der Waals surface area contributed by atoms with Gasteiger partial charge < -0.3 is 9.32 Å². The highest BCUT2D eigenvalue weighted by Crippen LogP contribution is 2.26. The van der Waals surface area contributed by atoms with E-state index in [-0.39, 0.29) is 18.1 Å². The van der Waals surface area contributed by atoms with Crippen molar-refractivity contribution in [3.63, 3.8) is 0 Å². The Labute approximate surface area is 174 Å². The first-order valence-electron chi connectivity index (χ1n) is 9.42. The van der Waals surface area contributed by atoms with E-state index in [1.807, 2.05) is 47.0 Å². The van der Waals surface area contributed by atoms with Gasteiger partial charge in [0, 0.05) is 18.8 Å². The van der Waals surface area contributed by atoms with Crippen LogP contribution in [0.5, 0.6) is 0 Å². The molecule has 3 rings (SSSR count). The monoisotopic (exact) mass is 409 g/mol. The van der Waals surface area contributed by atoms with Gasteiger partial charge in [-0.1, -0.05) is 43.8 Å². The second-order valence-electron chi connectivity index (χ2n) is 6.87. The summed E-state index contributed by atoms with van der Waals surface area (Å²) >= 11 is 1.35. The predicted molar refractivity (Wildman–Crippen MR) is 112 cm³/mol. The van der Waals surface area contributed by atoms with Crippen LogP contribution in [0.4, 0.5) is 5.69 Å². The summed E-state index contributed by atoms with van der Waals surface area (Å²) in [6.07, 6.45) is 1.88. The second-order valence-corrected chi connectivity index (χ2v) is 7.81. The van der Waals surface area contributed by atoms with Crippen molar-refractivity contribution in [2.75, 3.05) is 17.2 Å². The van der Waals surface area contributed by atoms with Crippen LogP contribution in [0.15, 0.2) is 58.3 Å². The summed E-state index contributed by atoms with van der Waals surface area (Å²) in [6.45, 7) is 5.31. The lowest BCUT2D eigenvalue weighted by molar-refractivity contribution is -0.116. The van der Waals surface area contributed by atoms with E-state index in [1.54, 1.807) is 11.2 Å². The first-order valence-corrected chi connectivity index (χ1v) is 10.4. The summed E-state index contributed by atoms with van der Waals surface area (Å²) in [5.74, 6) is 1.81. The number of hydrogen-bond acceptors (Lipinski definition) is 6. The summed E-state index contributed by atoms with van der Waals surface area (Å²) in [4.78, 5) is 14.6. The molecule has 2 aromatic heterocycles. The third-order valence-electron chi connectivity index (χ3n) is 4.15. The van der Waals surface area contributed by atoms with Crippen LogP contribution < -0.4 is 4.90 Å². The fourth-order valence-electron chi connectivity index (χ4n) is 2.89. The lowest BCUT2D eigenvalue weighted by Gasteiger charge is -2.21. The second kappa shape index (κ2) is 9.94. The van der Waals surface area contributed by atoms with Crippen LogP contribution in [0, 0.1) is 17.2 Å². The van der Waals surface area contributed by atoms with Gasteiger partial charge in [-0.05, 0) is 30.2 Å². The van der Waals surface area contributed by atoms with Gasteiger partial charge in [0.1, 0.15) is 0 Å². The molecule has 0 bridgehead atoms. The van der Waals surface area contributed by atoms with Crippen molar-refractivity contribution in [1.29, 1.82) is 5.26 Å². The van der Waals surface area contributed by atoms with E-state index in [1.165, 1.54) is 11.8 Å². The number of hydrogen-bond donors (Lipinski definition) is 0. The molecule has 0 saturated carbocycles. The zero-order valence-electron chi connectivity index (χ0n) is 16.5. The molecular formula is C21H23N5O2S. The maximum absolute atomic E-state index is 12.9. The highest BCUT2D eigenvalue weighted by molar-refractivity contribution is 7.99. The molecule has 0 unspecified atom stereocenters. The lowest BCUT2D eigenvalue weighted by atomic mass is 10.2. The van der Waals surface area contributed by atoms with E-state index in [2.05, 4.69) is 30.1 Å². The van der Waals surface area contributed by atoms with Crippen molar-refractivity contribution >= 4 is 23.4 Å². The molecule has 0 N–H and O–H groups in total. The van der Waals surface area contributed by atoms with Crippen LogP contribution >= 0.6 is 11.8 Å². The fourth-order valence-corrected chi connectivity index (χ4v) is 3.71. The van der Waals surface area contributed by atoms with Crippen molar-refractivity contribution < 1.29 is 9.21 Å². The normalized spacial score (nSPS) is 10.8. The van der Waals surface area contributed by atoms with Gasteiger partial charge >= 0.3 is 0 Å². The Bertz CT molecular complexity index is 961. The molecule has 1 aromatic carbocycles. The number of amides is 1. The van der Waals surface area contributed by atoms with Crippen molar-refractivity contribution in [3.05, 3.63) is 48.7 Å². The molecule has 0 aliphatic rings. The van der Waals surface area contributed by atoms with E-state index >= 15 is 0 Å². The van der Waals surface area contributed by atoms with Crippen LogP contribution in [-0.4, -0.2) is 33.0 Å². The summed E-state index contributed by atoms with van der Waals surface area (Å²) in [7, 11) is 0. The number of furan rings is 1. The van der Waals surface area contributed by atoms with Gasteiger partial charge in [-0.3, -0.25) is 9.36 Å². The average molecular weight is 410 g/mol. The summed E-state index contributed by atoms with van der Waals surface area (Å²) in [6, 6.07) is 15.2. The lowest BCUT2D eigenvalue weighted by Crippen LogP contribution is -2.33. The fraction of sp³-hybridized carbons (Fsp3) is 0.333. The van der Waals surface area contributed by atoms with Crippen molar-refractivity contribution in [1.82, 2.24) is 14.8 Å². The van der Waals surface area contributed by atoms with Crippen molar-refractivity contribution in [3.8, 4) is 17.7 Å². The molecule has 0 spiro atoms. The van der Waals surface area contributed by atoms with E-state index in [4.69, 9.17) is 9.68 Å². The molecule has 0 aliphatic carbocycles. The third kappa shape index (κ3) is 5.27. The van der Waals surface area contributed by atoms with Gasteiger partial charge in [0.2, 0.25) is 5.91 Å². The Hall–Kier alpha value is -3.05. The number of rotatable bonds is 9. The van der Waals surface area contributed by atoms with E-state index < -0.39 is 0 Å². The molecule has 2 heterocycles. The molecule has 0 saturated heterocycles. The molecule has 0 fully saturated rings. The van der Waals surface area contributed by atoms with Crippen LogP contribution in [0.1, 0.15) is 20.3 Å². The van der Waals surface area contributed by atoms with Gasteiger partial charge in [-0.25, -0.2) is 0 Å². The van der Waals surface area contributed by atoms with Crippen LogP contribution in [0.3, 0.4) is 0 Å². The number of para-hydroxylation sites is 1. The molecule has 1 amide bonds. The number of aromatic nitrogens is 3. The summed E-state index contributed by atoms with van der Waals surface area (Å²) < 4.78 is 7.47. The molecule has 3 aromatic rings. The first-order chi connectivity index (χ1) is 14.1. The topological polar surface area (TPSA) is 88.0 Å². The maximum atomic E-state index is 12.9. The van der Waals surface area contributed by atoms with Crippen LogP contribution in [0.2, 0.25) is 0 Å². The van der Waals surface area contributed by atoms with Gasteiger partial charge in [-0.15, -0.1) is 10.2 Å². The largest absolute Gasteiger partial charge is 0.461 e. The molecule has 0 aliphatic heterocycles. The van der Waals surface area contributed by atoms with Gasteiger partial charge in [0.25, 0.3) is 0 Å². The molecule has 0 radical (unpaired) electrons.